The summed E-state index contributed by atoms with van der Waals surface area (Å²) in [5, 5.41) is 3.46. The molecule has 2 aliphatic heterocycles. The van der Waals surface area contributed by atoms with Gasteiger partial charge in [0.15, 0.2) is 0 Å². The summed E-state index contributed by atoms with van der Waals surface area (Å²) >= 11 is 0. The van der Waals surface area contributed by atoms with Crippen molar-refractivity contribution in [3.8, 4) is 0 Å². The Morgan fingerprint density at radius 3 is 2.82 bits per heavy atom. The van der Waals surface area contributed by atoms with E-state index in [0.717, 1.165) is 44.1 Å². The van der Waals surface area contributed by atoms with Crippen LogP contribution in [0.5, 0.6) is 0 Å². The zero-order valence-corrected chi connectivity index (χ0v) is 13.0. The summed E-state index contributed by atoms with van der Waals surface area (Å²) in [6.07, 6.45) is 13.1. The maximum atomic E-state index is 4.61. The van der Waals surface area contributed by atoms with Crippen LogP contribution in [-0.2, 0) is 6.54 Å². The van der Waals surface area contributed by atoms with Crippen molar-refractivity contribution in [2.75, 3.05) is 19.6 Å². The molecule has 0 aliphatic carbocycles. The Morgan fingerprint density at radius 1 is 1.09 bits per heavy atom. The van der Waals surface area contributed by atoms with E-state index in [1.165, 1.54) is 24.8 Å². The van der Waals surface area contributed by atoms with Gasteiger partial charge in [0.25, 0.3) is 0 Å². The molecule has 3 rings (SSSR count). The lowest BCUT2D eigenvalue weighted by Gasteiger charge is -2.28. The topological polar surface area (TPSA) is 40.5 Å². The molecule has 0 spiro atoms. The first kappa shape index (κ1) is 15.0. The van der Waals surface area contributed by atoms with Gasteiger partial charge < -0.3 is 10.2 Å². The summed E-state index contributed by atoms with van der Waals surface area (Å²) in [4.78, 5) is 11.3. The van der Waals surface area contributed by atoms with Crippen LogP contribution < -0.4 is 5.32 Å². The van der Waals surface area contributed by atoms with Crippen LogP contribution in [0.25, 0.3) is 0 Å². The molecule has 1 aromatic rings. The highest BCUT2D eigenvalue weighted by Gasteiger charge is 2.13. The predicted octanol–water partition coefficient (Wildman–Crippen LogP) is 2.90. The minimum absolute atomic E-state index is 0.804. The predicted molar refractivity (Wildman–Crippen MR) is 90.6 cm³/mol. The molecule has 4 nitrogen and oxygen atoms in total. The number of likely N-dealkylation sites (tertiary alicyclic amines) is 1. The Morgan fingerprint density at radius 2 is 2.00 bits per heavy atom. The maximum absolute atomic E-state index is 4.61. The number of allylic oxidation sites excluding steroid dienone is 2. The highest BCUT2D eigenvalue weighted by Crippen LogP contribution is 2.18. The van der Waals surface area contributed by atoms with Crippen LogP contribution in [0.4, 0.5) is 0 Å². The summed E-state index contributed by atoms with van der Waals surface area (Å²) in [7, 11) is 0. The summed E-state index contributed by atoms with van der Waals surface area (Å²) in [5.74, 6) is 1.15. The zero-order valence-electron chi connectivity index (χ0n) is 13.0. The van der Waals surface area contributed by atoms with Crippen molar-refractivity contribution in [1.82, 2.24) is 15.2 Å². The number of nitrogens with one attached hydrogen (secondary N) is 1. The lowest BCUT2D eigenvalue weighted by atomic mass is 10.1. The van der Waals surface area contributed by atoms with E-state index < -0.39 is 0 Å². The number of pyridine rings is 1. The molecule has 0 radical (unpaired) electrons. The van der Waals surface area contributed by atoms with E-state index >= 15 is 0 Å². The summed E-state index contributed by atoms with van der Waals surface area (Å²) in [6.45, 7) is 3.98. The molecule has 1 aromatic heterocycles. The van der Waals surface area contributed by atoms with E-state index in [-0.39, 0.29) is 0 Å². The second-order valence-electron chi connectivity index (χ2n) is 5.84. The molecule has 0 bridgehead atoms. The van der Waals surface area contributed by atoms with Crippen molar-refractivity contribution in [2.45, 2.75) is 32.2 Å². The van der Waals surface area contributed by atoms with Gasteiger partial charge in [0.1, 0.15) is 5.82 Å². The fourth-order valence-electron chi connectivity index (χ4n) is 2.88. The van der Waals surface area contributed by atoms with Crippen LogP contribution in [0.15, 0.2) is 52.9 Å². The van der Waals surface area contributed by atoms with E-state index in [9.17, 15) is 0 Å². The fourth-order valence-corrected chi connectivity index (χ4v) is 2.88. The van der Waals surface area contributed by atoms with Gasteiger partial charge in [0.2, 0.25) is 0 Å². The average Bonchev–Trinajstić information content (AvgIpc) is 2.82. The molecule has 4 heteroatoms. The first-order valence-corrected chi connectivity index (χ1v) is 8.20. The lowest BCUT2D eigenvalue weighted by molar-refractivity contribution is 0.282. The Balaban J connectivity index is 1.48. The van der Waals surface area contributed by atoms with Gasteiger partial charge in [-0.25, -0.2) is 4.99 Å². The van der Waals surface area contributed by atoms with Gasteiger partial charge in [-0.15, -0.1) is 0 Å². The van der Waals surface area contributed by atoms with E-state index in [1.54, 1.807) is 0 Å². The third kappa shape index (κ3) is 4.28. The minimum Gasteiger partial charge on any atom is -0.357 e. The lowest BCUT2D eigenvalue weighted by Crippen LogP contribution is -2.28. The van der Waals surface area contributed by atoms with Crippen LogP contribution >= 0.6 is 0 Å². The van der Waals surface area contributed by atoms with Crippen LogP contribution in [0, 0.1) is 0 Å². The Bertz CT molecular complexity index is 554. The SMILES string of the molecule is C1=NC(N2CCCCC2)=CCC(CNCc2ccccn2)=C1. The van der Waals surface area contributed by atoms with Crippen LogP contribution in [0.3, 0.4) is 0 Å². The van der Waals surface area contributed by atoms with Crippen molar-refractivity contribution in [3.05, 3.63) is 53.6 Å². The van der Waals surface area contributed by atoms with Crippen molar-refractivity contribution in [3.63, 3.8) is 0 Å². The molecule has 2 aliphatic rings. The largest absolute Gasteiger partial charge is 0.357 e. The zero-order chi connectivity index (χ0) is 15.0. The third-order valence-corrected chi connectivity index (χ3v) is 4.13. The Labute approximate surface area is 132 Å². The Kier molecular flexibility index (Phi) is 5.37. The fraction of sp³-hybridized carbons (Fsp3) is 0.444. The van der Waals surface area contributed by atoms with Crippen LogP contribution in [0.1, 0.15) is 31.4 Å². The average molecular weight is 296 g/mol. The van der Waals surface area contributed by atoms with Gasteiger partial charge >= 0.3 is 0 Å². The number of nitrogens with zero attached hydrogens (tertiary/aromatic N) is 3. The van der Waals surface area contributed by atoms with Gasteiger partial charge in [-0.1, -0.05) is 11.6 Å². The number of hydrogen-bond donors (Lipinski definition) is 1. The van der Waals surface area contributed by atoms with E-state index in [2.05, 4.69) is 32.3 Å². The van der Waals surface area contributed by atoms with E-state index in [4.69, 9.17) is 0 Å². The molecule has 0 amide bonds. The standard InChI is InChI=1S/C18H24N4/c1-4-12-22(13-5-1)18-8-7-16(9-11-21-18)14-19-15-17-6-2-3-10-20-17/h2-3,6,8-11,19H,1,4-5,7,12-15H2. The molecule has 0 saturated carbocycles. The maximum Gasteiger partial charge on any atom is 0.124 e. The molecule has 22 heavy (non-hydrogen) atoms. The van der Waals surface area contributed by atoms with Gasteiger partial charge in [-0.3, -0.25) is 4.98 Å². The molecule has 3 heterocycles. The number of piperidine rings is 1. The molecule has 1 saturated heterocycles. The number of hydrogen-bond acceptors (Lipinski definition) is 4. The van der Waals surface area contributed by atoms with Crippen molar-refractivity contribution in [1.29, 1.82) is 0 Å². The number of rotatable bonds is 5. The van der Waals surface area contributed by atoms with E-state index in [1.807, 2.05) is 30.6 Å². The van der Waals surface area contributed by atoms with Crippen molar-refractivity contribution in [2.24, 2.45) is 4.99 Å². The van der Waals surface area contributed by atoms with Crippen molar-refractivity contribution < 1.29 is 0 Å². The van der Waals surface area contributed by atoms with Gasteiger partial charge in [-0.2, -0.15) is 0 Å². The number of aromatic nitrogens is 1. The van der Waals surface area contributed by atoms with E-state index in [0.29, 0.717) is 0 Å². The molecule has 0 aromatic carbocycles. The smallest absolute Gasteiger partial charge is 0.124 e. The van der Waals surface area contributed by atoms with Gasteiger partial charge in [0.05, 0.1) is 5.69 Å². The van der Waals surface area contributed by atoms with Crippen LogP contribution in [-0.4, -0.2) is 35.7 Å². The first-order valence-electron chi connectivity index (χ1n) is 8.20. The second-order valence-corrected chi connectivity index (χ2v) is 5.84. The quantitative estimate of drug-likeness (QED) is 0.908. The summed E-state index contributed by atoms with van der Waals surface area (Å²) in [6, 6.07) is 6.01. The highest BCUT2D eigenvalue weighted by atomic mass is 15.2. The third-order valence-electron chi connectivity index (χ3n) is 4.13. The molecule has 116 valence electrons. The summed E-state index contributed by atoms with van der Waals surface area (Å²) in [5.41, 5.74) is 2.45. The normalized spacial score (nSPS) is 18.6. The van der Waals surface area contributed by atoms with Gasteiger partial charge in [0, 0.05) is 38.6 Å². The first-order chi connectivity index (χ1) is 10.9. The summed E-state index contributed by atoms with van der Waals surface area (Å²) < 4.78 is 0. The minimum atomic E-state index is 0.804. The molecular formula is C18H24N4. The number of aliphatic imine (C=N–C) groups is 1. The highest BCUT2D eigenvalue weighted by molar-refractivity contribution is 5.74. The van der Waals surface area contributed by atoms with Gasteiger partial charge in [-0.05, 0) is 50.0 Å². The molecule has 1 N–H and O–H groups in total. The van der Waals surface area contributed by atoms with Crippen LogP contribution in [0.2, 0.25) is 0 Å². The van der Waals surface area contributed by atoms with Crippen molar-refractivity contribution >= 4 is 6.21 Å². The molecule has 0 unspecified atom stereocenters. The monoisotopic (exact) mass is 296 g/mol. The Hall–Kier alpha value is -1.94. The second kappa shape index (κ2) is 7.90. The molecular weight excluding hydrogens is 272 g/mol. The molecule has 0 atom stereocenters. The molecule has 1 fully saturated rings.